The molecule has 2 N–H and O–H groups in total. The fourth-order valence-electron chi connectivity index (χ4n) is 4.07. The van der Waals surface area contributed by atoms with Crippen LogP contribution in [0.25, 0.3) is 10.9 Å². The van der Waals surface area contributed by atoms with Crippen LogP contribution in [0.4, 0.5) is 5.69 Å². The Balaban J connectivity index is 1.62. The van der Waals surface area contributed by atoms with E-state index in [-0.39, 0.29) is 11.7 Å². The molecule has 1 saturated heterocycles. The summed E-state index contributed by atoms with van der Waals surface area (Å²) < 4.78 is 5.87. The van der Waals surface area contributed by atoms with Gasteiger partial charge in [-0.3, -0.25) is 4.79 Å². The summed E-state index contributed by atoms with van der Waals surface area (Å²) in [5, 5.41) is 5.03. The molecule has 0 radical (unpaired) electrons. The van der Waals surface area contributed by atoms with Crippen molar-refractivity contribution in [1.29, 1.82) is 0 Å². The van der Waals surface area contributed by atoms with Crippen molar-refractivity contribution >= 4 is 33.9 Å². The Labute approximate surface area is 188 Å². The number of nitrogens with one attached hydrogen (secondary N) is 2. The first-order valence-corrected chi connectivity index (χ1v) is 11.2. The Morgan fingerprint density at radius 3 is 2.81 bits per heavy atom. The maximum atomic E-state index is 12.9. The van der Waals surface area contributed by atoms with Crippen molar-refractivity contribution < 1.29 is 4.74 Å². The number of pyridine rings is 1. The summed E-state index contributed by atoms with van der Waals surface area (Å²) >= 11 is 5.80. The third kappa shape index (κ3) is 4.97. The summed E-state index contributed by atoms with van der Waals surface area (Å²) in [6.07, 6.45) is 2.20. The van der Waals surface area contributed by atoms with Crippen LogP contribution in [0, 0.1) is 20.8 Å². The zero-order chi connectivity index (χ0) is 22.0. The number of benzene rings is 2. The number of aromatic amines is 1. The number of ether oxygens (including phenoxy) is 1. The molecule has 31 heavy (non-hydrogen) atoms. The topological polar surface area (TPSA) is 57.4 Å². The maximum Gasteiger partial charge on any atom is 0.253 e. The van der Waals surface area contributed by atoms with Crippen molar-refractivity contribution in [3.63, 3.8) is 0 Å². The van der Waals surface area contributed by atoms with Crippen molar-refractivity contribution in [1.82, 2.24) is 9.88 Å². The summed E-state index contributed by atoms with van der Waals surface area (Å²) in [4.78, 5) is 18.0. The number of anilines is 1. The molecule has 0 unspecified atom stereocenters. The predicted molar refractivity (Wildman–Crippen MR) is 131 cm³/mol. The van der Waals surface area contributed by atoms with Gasteiger partial charge in [-0.15, -0.1) is 0 Å². The molecule has 1 aliphatic heterocycles. The Kier molecular flexibility index (Phi) is 6.39. The van der Waals surface area contributed by atoms with Crippen molar-refractivity contribution in [3.05, 3.63) is 75.1 Å². The number of nitrogens with zero attached hydrogens (tertiary/aromatic N) is 1. The molecule has 1 fully saturated rings. The number of fused-ring (bicyclic) bond motifs is 1. The van der Waals surface area contributed by atoms with Crippen LogP contribution in [0.5, 0.6) is 0 Å². The molecule has 1 aromatic heterocycles. The first-order valence-electron chi connectivity index (χ1n) is 10.8. The van der Waals surface area contributed by atoms with E-state index < -0.39 is 0 Å². The van der Waals surface area contributed by atoms with Crippen molar-refractivity contribution in [2.24, 2.45) is 0 Å². The Morgan fingerprint density at radius 1 is 1.19 bits per heavy atom. The molecule has 0 aliphatic carbocycles. The smallest absolute Gasteiger partial charge is 0.253 e. The Hall–Kier alpha value is -2.70. The van der Waals surface area contributed by atoms with Gasteiger partial charge in [-0.05, 0) is 80.0 Å². The molecule has 0 saturated carbocycles. The molecule has 4 rings (SSSR count). The van der Waals surface area contributed by atoms with Crippen LogP contribution in [-0.4, -0.2) is 34.3 Å². The lowest BCUT2D eigenvalue weighted by molar-refractivity contribution is 0.0904. The van der Waals surface area contributed by atoms with E-state index in [4.69, 9.17) is 17.0 Å². The average Bonchev–Trinajstić information content (AvgIpc) is 3.24. The maximum absolute atomic E-state index is 12.9. The molecule has 2 heterocycles. The van der Waals surface area contributed by atoms with E-state index in [1.54, 1.807) is 0 Å². The summed E-state index contributed by atoms with van der Waals surface area (Å²) in [7, 11) is 0. The third-order valence-corrected chi connectivity index (χ3v) is 6.26. The fourth-order valence-corrected chi connectivity index (χ4v) is 4.32. The molecule has 1 aliphatic rings. The molecule has 0 amide bonds. The summed E-state index contributed by atoms with van der Waals surface area (Å²) in [5.41, 5.74) is 5.86. The van der Waals surface area contributed by atoms with E-state index in [2.05, 4.69) is 47.2 Å². The van der Waals surface area contributed by atoms with E-state index in [0.717, 1.165) is 47.2 Å². The predicted octanol–water partition coefficient (Wildman–Crippen LogP) is 4.83. The number of H-pyrrole nitrogens is 1. The van der Waals surface area contributed by atoms with Crippen LogP contribution in [0.3, 0.4) is 0 Å². The summed E-state index contributed by atoms with van der Waals surface area (Å²) in [5.74, 6) is 0. The lowest BCUT2D eigenvalue weighted by Crippen LogP contribution is -2.40. The van der Waals surface area contributed by atoms with Gasteiger partial charge < -0.3 is 19.9 Å². The van der Waals surface area contributed by atoms with Crippen LogP contribution >= 0.6 is 12.2 Å². The largest absolute Gasteiger partial charge is 0.376 e. The molecule has 1 atom stereocenters. The summed E-state index contributed by atoms with van der Waals surface area (Å²) in [6.45, 7) is 7.99. The van der Waals surface area contributed by atoms with Crippen LogP contribution in [-0.2, 0) is 11.3 Å². The van der Waals surface area contributed by atoms with Crippen molar-refractivity contribution in [3.8, 4) is 0 Å². The molecule has 0 bridgehead atoms. The number of hydrogen-bond acceptors (Lipinski definition) is 3. The molecule has 0 spiro atoms. The number of hydrogen-bond donors (Lipinski definition) is 2. The SMILES string of the molecule is Cc1ccc(C)c(NC(=S)N(Cc2cc3cccc(C)c3[nH]c2=O)C[C@@H]2CCCO2)c1. The standard InChI is InChI=1S/C25H29N3O2S/c1-16-9-10-17(2)22(12-16)26-25(31)28(15-21-8-5-11-30-21)14-20-13-19-7-4-6-18(3)23(19)27-24(20)29/h4,6-7,9-10,12-13,21H,5,8,11,14-15H2,1-3H3,(H,26,31)(H,27,29)/t21-/m0/s1. The quantitative estimate of drug-likeness (QED) is 0.562. The number of rotatable bonds is 5. The van der Waals surface area contributed by atoms with E-state index in [9.17, 15) is 4.79 Å². The zero-order valence-electron chi connectivity index (χ0n) is 18.3. The van der Waals surface area contributed by atoms with E-state index >= 15 is 0 Å². The molecule has 2 aromatic carbocycles. The second kappa shape index (κ2) is 9.20. The van der Waals surface area contributed by atoms with Gasteiger partial charge in [-0.1, -0.05) is 30.3 Å². The van der Waals surface area contributed by atoms with E-state index in [1.807, 2.05) is 31.2 Å². The minimum absolute atomic E-state index is 0.0753. The summed E-state index contributed by atoms with van der Waals surface area (Å²) in [6, 6.07) is 14.3. The third-order valence-electron chi connectivity index (χ3n) is 5.90. The van der Waals surface area contributed by atoms with E-state index in [0.29, 0.717) is 23.8 Å². The van der Waals surface area contributed by atoms with Gasteiger partial charge in [0.1, 0.15) is 0 Å². The first kappa shape index (κ1) is 21.5. The van der Waals surface area contributed by atoms with Gasteiger partial charge in [0.25, 0.3) is 5.56 Å². The van der Waals surface area contributed by atoms with Crippen molar-refractivity contribution in [2.45, 2.75) is 46.3 Å². The molecule has 6 heteroatoms. The second-order valence-electron chi connectivity index (χ2n) is 8.43. The minimum Gasteiger partial charge on any atom is -0.376 e. The number of thiocarbonyl (C=S) groups is 1. The molecule has 162 valence electrons. The van der Waals surface area contributed by atoms with Gasteiger partial charge in [0.15, 0.2) is 5.11 Å². The molecule has 5 nitrogen and oxygen atoms in total. The second-order valence-corrected chi connectivity index (χ2v) is 8.81. The number of aryl methyl sites for hydroxylation is 3. The minimum atomic E-state index is -0.0753. The highest BCUT2D eigenvalue weighted by molar-refractivity contribution is 7.80. The first-order chi connectivity index (χ1) is 14.9. The Morgan fingerprint density at radius 2 is 2.03 bits per heavy atom. The highest BCUT2D eigenvalue weighted by Crippen LogP contribution is 2.21. The van der Waals surface area contributed by atoms with Crippen LogP contribution in [0.1, 0.15) is 35.1 Å². The molecular weight excluding hydrogens is 406 g/mol. The lowest BCUT2D eigenvalue weighted by Gasteiger charge is -2.28. The average molecular weight is 436 g/mol. The number of aromatic nitrogens is 1. The van der Waals surface area contributed by atoms with Gasteiger partial charge in [0.2, 0.25) is 0 Å². The number of para-hydroxylation sites is 1. The van der Waals surface area contributed by atoms with Gasteiger partial charge in [0, 0.05) is 24.4 Å². The normalized spacial score (nSPS) is 15.9. The van der Waals surface area contributed by atoms with Crippen molar-refractivity contribution in [2.75, 3.05) is 18.5 Å². The molecule has 3 aromatic rings. The zero-order valence-corrected chi connectivity index (χ0v) is 19.1. The fraction of sp³-hybridized carbons (Fsp3) is 0.360. The Bertz CT molecular complexity index is 1170. The lowest BCUT2D eigenvalue weighted by atomic mass is 10.1. The van der Waals surface area contributed by atoms with Gasteiger partial charge in [0.05, 0.1) is 18.2 Å². The molecular formula is C25H29N3O2S. The van der Waals surface area contributed by atoms with Gasteiger partial charge in [-0.25, -0.2) is 0 Å². The van der Waals surface area contributed by atoms with Crippen LogP contribution in [0.15, 0.2) is 47.3 Å². The van der Waals surface area contributed by atoms with Gasteiger partial charge >= 0.3 is 0 Å². The van der Waals surface area contributed by atoms with Crippen LogP contribution in [0.2, 0.25) is 0 Å². The highest BCUT2D eigenvalue weighted by atomic mass is 32.1. The van der Waals surface area contributed by atoms with Crippen LogP contribution < -0.4 is 10.9 Å². The monoisotopic (exact) mass is 435 g/mol. The van der Waals surface area contributed by atoms with E-state index in [1.165, 1.54) is 5.56 Å². The highest BCUT2D eigenvalue weighted by Gasteiger charge is 2.22. The van der Waals surface area contributed by atoms with Gasteiger partial charge in [-0.2, -0.15) is 0 Å².